The minimum Gasteiger partial charge on any atom is -0.387 e. The van der Waals surface area contributed by atoms with E-state index in [-0.39, 0.29) is 12.1 Å². The molecule has 108 valence electrons. The topological polar surface area (TPSA) is 68.7 Å². The largest absolute Gasteiger partial charge is 0.387 e. The number of aliphatic hydroxyl groups excluding tert-OH is 1. The molecule has 0 aromatic carbocycles. The first kappa shape index (κ1) is 13.2. The molecule has 2 N–H and O–H groups in total. The number of carbonyl (C=O) groups is 1. The number of aliphatic hydroxyl groups is 1. The maximum Gasteiger partial charge on any atom is 0.317 e. The van der Waals surface area contributed by atoms with Crippen molar-refractivity contribution < 1.29 is 9.90 Å². The van der Waals surface area contributed by atoms with Crippen LogP contribution in [0.15, 0.2) is 18.3 Å². The zero-order valence-electron chi connectivity index (χ0n) is 11.6. The summed E-state index contributed by atoms with van der Waals surface area (Å²) in [7, 11) is 0. The van der Waals surface area contributed by atoms with E-state index in [1.54, 1.807) is 0 Å². The van der Waals surface area contributed by atoms with Gasteiger partial charge in [0.05, 0.1) is 29.7 Å². The number of hydrogen-bond acceptors (Lipinski definition) is 4. The number of rotatable bonds is 3. The lowest BCUT2D eigenvalue weighted by Crippen LogP contribution is -2.52. The Morgan fingerprint density at radius 3 is 3.05 bits per heavy atom. The quantitative estimate of drug-likeness (QED) is 0.854. The van der Waals surface area contributed by atoms with Crippen LogP contribution in [0.1, 0.15) is 25.1 Å². The Labute approximate surface area is 118 Å². The zero-order chi connectivity index (χ0) is 14.1. The molecule has 1 aromatic heterocycles. The fourth-order valence-corrected chi connectivity index (χ4v) is 2.83. The van der Waals surface area contributed by atoms with E-state index in [1.807, 2.05) is 30.2 Å². The summed E-state index contributed by atoms with van der Waals surface area (Å²) in [5, 5.41) is 12.6. The third-order valence-corrected chi connectivity index (χ3v) is 4.10. The smallest absolute Gasteiger partial charge is 0.317 e. The molecule has 2 atom stereocenters. The second kappa shape index (κ2) is 5.28. The molecule has 0 aliphatic carbocycles. The summed E-state index contributed by atoms with van der Waals surface area (Å²) in [4.78, 5) is 20.0. The molecule has 2 aliphatic heterocycles. The van der Waals surface area contributed by atoms with Crippen molar-refractivity contribution in [2.45, 2.75) is 25.5 Å². The Morgan fingerprint density at radius 2 is 2.35 bits per heavy atom. The van der Waals surface area contributed by atoms with Gasteiger partial charge in [-0.25, -0.2) is 4.79 Å². The van der Waals surface area contributed by atoms with E-state index in [0.717, 1.165) is 31.9 Å². The third-order valence-electron chi connectivity index (χ3n) is 4.10. The highest BCUT2D eigenvalue weighted by Gasteiger charge is 2.35. The zero-order valence-corrected chi connectivity index (χ0v) is 11.6. The number of nitrogens with zero attached hydrogens (tertiary/aromatic N) is 3. The minimum absolute atomic E-state index is 0.0502. The lowest BCUT2D eigenvalue weighted by molar-refractivity contribution is 0.169. The molecular weight excluding hydrogens is 256 g/mol. The van der Waals surface area contributed by atoms with Crippen LogP contribution in [-0.4, -0.2) is 53.2 Å². The van der Waals surface area contributed by atoms with Crippen LogP contribution in [0.3, 0.4) is 0 Å². The maximum atomic E-state index is 11.6. The van der Waals surface area contributed by atoms with Crippen LogP contribution in [-0.2, 0) is 0 Å². The molecule has 1 aromatic rings. The summed E-state index contributed by atoms with van der Waals surface area (Å²) in [6.45, 7) is 5.05. The number of nitrogens with one attached hydrogen (secondary N) is 1. The van der Waals surface area contributed by atoms with Gasteiger partial charge >= 0.3 is 6.03 Å². The average Bonchev–Trinajstić information content (AvgIpc) is 2.87. The van der Waals surface area contributed by atoms with E-state index >= 15 is 0 Å². The number of aromatic nitrogens is 1. The van der Waals surface area contributed by atoms with Crippen molar-refractivity contribution in [2.24, 2.45) is 0 Å². The van der Waals surface area contributed by atoms with Crippen molar-refractivity contribution >= 4 is 11.7 Å². The van der Waals surface area contributed by atoms with Crippen molar-refractivity contribution in [1.82, 2.24) is 15.2 Å². The fourth-order valence-electron chi connectivity index (χ4n) is 2.83. The van der Waals surface area contributed by atoms with Gasteiger partial charge in [-0.1, -0.05) is 6.92 Å². The van der Waals surface area contributed by atoms with Gasteiger partial charge in [-0.2, -0.15) is 0 Å². The second-order valence-electron chi connectivity index (χ2n) is 5.34. The number of carbonyl (C=O) groups excluding carboxylic acids is 1. The molecule has 2 aliphatic rings. The summed E-state index contributed by atoms with van der Waals surface area (Å²) in [5.74, 6) is 0. The molecule has 0 spiro atoms. The van der Waals surface area contributed by atoms with Gasteiger partial charge in [0.1, 0.15) is 0 Å². The second-order valence-corrected chi connectivity index (χ2v) is 5.34. The SMILES string of the molecule is CC[C@H](O)c1ccc(N2CCN3C(=O)NCC3C2)cn1. The Kier molecular flexibility index (Phi) is 3.48. The van der Waals surface area contributed by atoms with Crippen LogP contribution >= 0.6 is 0 Å². The molecule has 3 rings (SSSR count). The fraction of sp³-hybridized carbons (Fsp3) is 0.571. The lowest BCUT2D eigenvalue weighted by Gasteiger charge is -2.37. The lowest BCUT2D eigenvalue weighted by atomic mass is 10.1. The van der Waals surface area contributed by atoms with Gasteiger partial charge in [0, 0.05) is 26.2 Å². The van der Waals surface area contributed by atoms with E-state index in [2.05, 4.69) is 15.2 Å². The predicted octanol–water partition coefficient (Wildman–Crippen LogP) is 0.739. The minimum atomic E-state index is -0.488. The number of amides is 2. The van der Waals surface area contributed by atoms with Crippen LogP contribution in [0.4, 0.5) is 10.5 Å². The van der Waals surface area contributed by atoms with Crippen LogP contribution in [0.5, 0.6) is 0 Å². The highest BCUT2D eigenvalue weighted by molar-refractivity contribution is 5.77. The summed E-state index contributed by atoms with van der Waals surface area (Å²) >= 11 is 0. The number of pyridine rings is 1. The van der Waals surface area contributed by atoms with Gasteiger partial charge in [-0.05, 0) is 18.6 Å². The van der Waals surface area contributed by atoms with Gasteiger partial charge in [0.25, 0.3) is 0 Å². The van der Waals surface area contributed by atoms with E-state index in [9.17, 15) is 9.90 Å². The molecule has 2 amide bonds. The summed E-state index contributed by atoms with van der Waals surface area (Å²) in [6, 6.07) is 4.18. The number of urea groups is 1. The molecule has 20 heavy (non-hydrogen) atoms. The summed E-state index contributed by atoms with van der Waals surface area (Å²) in [5.41, 5.74) is 1.77. The van der Waals surface area contributed by atoms with Crippen LogP contribution in [0, 0.1) is 0 Å². The first-order valence-corrected chi connectivity index (χ1v) is 7.12. The average molecular weight is 276 g/mol. The van der Waals surface area contributed by atoms with Gasteiger partial charge in [-0.3, -0.25) is 4.98 Å². The van der Waals surface area contributed by atoms with Crippen molar-refractivity contribution in [1.29, 1.82) is 0 Å². The molecule has 1 unspecified atom stereocenters. The number of fused-ring (bicyclic) bond motifs is 1. The van der Waals surface area contributed by atoms with E-state index in [4.69, 9.17) is 0 Å². The van der Waals surface area contributed by atoms with E-state index in [1.165, 1.54) is 0 Å². The van der Waals surface area contributed by atoms with Crippen molar-refractivity contribution in [3.05, 3.63) is 24.0 Å². The summed E-state index contributed by atoms with van der Waals surface area (Å²) < 4.78 is 0. The van der Waals surface area contributed by atoms with Gasteiger partial charge in [0.15, 0.2) is 0 Å². The van der Waals surface area contributed by atoms with Crippen molar-refractivity contribution in [3.63, 3.8) is 0 Å². The molecule has 0 saturated carbocycles. The Morgan fingerprint density at radius 1 is 1.50 bits per heavy atom. The first-order valence-electron chi connectivity index (χ1n) is 7.12. The van der Waals surface area contributed by atoms with E-state index in [0.29, 0.717) is 12.1 Å². The maximum absolute atomic E-state index is 11.6. The summed E-state index contributed by atoms with van der Waals surface area (Å²) in [6.07, 6.45) is 1.99. The first-order chi connectivity index (χ1) is 9.69. The van der Waals surface area contributed by atoms with Crippen LogP contribution in [0.25, 0.3) is 0 Å². The molecule has 2 saturated heterocycles. The van der Waals surface area contributed by atoms with Gasteiger partial charge in [-0.15, -0.1) is 0 Å². The molecule has 6 nitrogen and oxygen atoms in total. The standard InChI is InChI=1S/C14H20N4O2/c1-2-13(19)12-4-3-10(7-15-12)17-5-6-18-11(9-17)8-16-14(18)20/h3-4,7,11,13,19H,2,5-6,8-9H2,1H3,(H,16,20)/t11?,13-/m0/s1. The Balaban J connectivity index is 1.69. The number of hydrogen-bond donors (Lipinski definition) is 2. The van der Waals surface area contributed by atoms with Crippen LogP contribution in [0.2, 0.25) is 0 Å². The molecule has 6 heteroatoms. The van der Waals surface area contributed by atoms with Gasteiger partial charge < -0.3 is 20.2 Å². The van der Waals surface area contributed by atoms with Gasteiger partial charge in [0.2, 0.25) is 0 Å². The normalized spacial score (nSPS) is 23.5. The third kappa shape index (κ3) is 2.31. The Bertz CT molecular complexity index is 490. The van der Waals surface area contributed by atoms with Crippen molar-refractivity contribution in [3.8, 4) is 0 Å². The monoisotopic (exact) mass is 276 g/mol. The molecule has 2 fully saturated rings. The molecular formula is C14H20N4O2. The van der Waals surface area contributed by atoms with E-state index < -0.39 is 6.10 Å². The molecule has 0 bridgehead atoms. The van der Waals surface area contributed by atoms with Crippen LogP contribution < -0.4 is 10.2 Å². The molecule has 3 heterocycles. The highest BCUT2D eigenvalue weighted by atomic mass is 16.3. The highest BCUT2D eigenvalue weighted by Crippen LogP contribution is 2.22. The predicted molar refractivity (Wildman–Crippen MR) is 75.6 cm³/mol. The Hall–Kier alpha value is -1.82. The number of anilines is 1. The van der Waals surface area contributed by atoms with Crippen molar-refractivity contribution in [2.75, 3.05) is 31.1 Å². The number of piperazine rings is 1. The molecule has 0 radical (unpaired) electrons.